The molecule has 0 atom stereocenters. The number of nitro groups is 1. The zero-order valence-electron chi connectivity index (χ0n) is 12.4. The number of nitro benzene ring substituents is 1. The first-order chi connectivity index (χ1) is 9.85. The Balaban J connectivity index is 3.24. The van der Waals surface area contributed by atoms with Crippen LogP contribution in [0.3, 0.4) is 0 Å². The molecular weight excluding hydrogens is 294 g/mol. The number of nitrogens with zero attached hydrogens (tertiary/aromatic N) is 1. The van der Waals surface area contributed by atoms with E-state index in [0.29, 0.717) is 19.4 Å². The minimum Gasteiger partial charge on any atom is -0.384 e. The fourth-order valence-electron chi connectivity index (χ4n) is 1.93. The molecule has 1 aromatic rings. The highest BCUT2D eigenvalue weighted by molar-refractivity contribution is 7.89. The predicted octanol–water partition coefficient (Wildman–Crippen LogP) is 2.49. The number of non-ortho nitro benzene ring substituents is 1. The Morgan fingerprint density at radius 1 is 1.24 bits per heavy atom. The Kier molecular flexibility index (Phi) is 6.10. The zero-order valence-corrected chi connectivity index (χ0v) is 13.2. The third kappa shape index (κ3) is 4.40. The largest absolute Gasteiger partial charge is 0.384 e. The maximum Gasteiger partial charge on any atom is 0.271 e. The number of anilines is 1. The first-order valence-electron chi connectivity index (χ1n) is 6.90. The average molecular weight is 315 g/mol. The molecule has 1 rings (SSSR count). The van der Waals surface area contributed by atoms with E-state index in [0.717, 1.165) is 0 Å². The highest BCUT2D eigenvalue weighted by Crippen LogP contribution is 2.26. The van der Waals surface area contributed by atoms with E-state index in [1.165, 1.54) is 18.2 Å². The topological polar surface area (TPSA) is 101 Å². The van der Waals surface area contributed by atoms with Gasteiger partial charge in [-0.25, -0.2) is 13.1 Å². The summed E-state index contributed by atoms with van der Waals surface area (Å²) in [5.41, 5.74) is 0.0950. The molecule has 0 spiro atoms. The van der Waals surface area contributed by atoms with E-state index < -0.39 is 14.9 Å². The lowest BCUT2D eigenvalue weighted by Gasteiger charge is -2.17. The first kappa shape index (κ1) is 17.4. The number of hydrogen-bond acceptors (Lipinski definition) is 5. The highest BCUT2D eigenvalue weighted by atomic mass is 32.2. The van der Waals surface area contributed by atoms with Crippen LogP contribution in [-0.2, 0) is 10.0 Å². The average Bonchev–Trinajstić information content (AvgIpc) is 2.44. The normalized spacial score (nSPS) is 11.6. The molecule has 0 aromatic heterocycles. The van der Waals surface area contributed by atoms with Crippen molar-refractivity contribution < 1.29 is 13.3 Å². The minimum atomic E-state index is -3.71. The van der Waals surface area contributed by atoms with Gasteiger partial charge in [0.05, 0.1) is 10.6 Å². The maximum absolute atomic E-state index is 12.4. The maximum atomic E-state index is 12.4. The van der Waals surface area contributed by atoms with Crippen LogP contribution < -0.4 is 10.0 Å². The van der Waals surface area contributed by atoms with Gasteiger partial charge in [-0.05, 0) is 25.8 Å². The molecular formula is C13H21N3O4S. The molecule has 0 saturated carbocycles. The molecule has 1 aromatic carbocycles. The Morgan fingerprint density at radius 3 is 2.33 bits per heavy atom. The fraction of sp³-hybridized carbons (Fsp3) is 0.538. The van der Waals surface area contributed by atoms with Crippen LogP contribution >= 0.6 is 0 Å². The standard InChI is InChI=1S/C13H21N3O4S/c1-4-10(5-2)15-21(19,20)13-8-7-11(16(17)18)9-12(13)14-6-3/h7-10,14-15H,4-6H2,1-3H3. The van der Waals surface area contributed by atoms with Gasteiger partial charge in [0.25, 0.3) is 5.69 Å². The second-order valence-electron chi connectivity index (χ2n) is 4.60. The van der Waals surface area contributed by atoms with Crippen molar-refractivity contribution in [3.63, 3.8) is 0 Å². The summed E-state index contributed by atoms with van der Waals surface area (Å²) in [7, 11) is -3.71. The fourth-order valence-corrected chi connectivity index (χ4v) is 3.50. The molecule has 0 aliphatic carbocycles. The Hall–Kier alpha value is -1.67. The van der Waals surface area contributed by atoms with Gasteiger partial charge in [0, 0.05) is 24.7 Å². The molecule has 2 N–H and O–H groups in total. The summed E-state index contributed by atoms with van der Waals surface area (Å²) in [5, 5.41) is 13.7. The quantitative estimate of drug-likeness (QED) is 0.567. The molecule has 0 bridgehead atoms. The molecule has 0 heterocycles. The van der Waals surface area contributed by atoms with Gasteiger partial charge in [0.15, 0.2) is 0 Å². The smallest absolute Gasteiger partial charge is 0.271 e. The number of hydrogen-bond donors (Lipinski definition) is 2. The van der Waals surface area contributed by atoms with Gasteiger partial charge in [0.1, 0.15) is 4.90 Å². The van der Waals surface area contributed by atoms with E-state index in [9.17, 15) is 18.5 Å². The Morgan fingerprint density at radius 2 is 1.86 bits per heavy atom. The van der Waals surface area contributed by atoms with Crippen LogP contribution in [0.5, 0.6) is 0 Å². The van der Waals surface area contributed by atoms with Crippen molar-refractivity contribution in [2.75, 3.05) is 11.9 Å². The van der Waals surface area contributed by atoms with E-state index in [1.54, 1.807) is 6.92 Å². The zero-order chi connectivity index (χ0) is 16.0. The summed E-state index contributed by atoms with van der Waals surface area (Å²) < 4.78 is 27.5. The summed E-state index contributed by atoms with van der Waals surface area (Å²) in [6, 6.07) is 3.55. The molecule has 0 radical (unpaired) electrons. The van der Waals surface area contributed by atoms with Crippen molar-refractivity contribution in [3.8, 4) is 0 Å². The monoisotopic (exact) mass is 315 g/mol. The van der Waals surface area contributed by atoms with Gasteiger partial charge in [-0.1, -0.05) is 13.8 Å². The Labute approximate surface area is 124 Å². The molecule has 0 aliphatic rings. The van der Waals surface area contributed by atoms with Crippen LogP contribution in [0.4, 0.5) is 11.4 Å². The van der Waals surface area contributed by atoms with Crippen molar-refractivity contribution in [1.29, 1.82) is 0 Å². The van der Waals surface area contributed by atoms with E-state index >= 15 is 0 Å². The van der Waals surface area contributed by atoms with Gasteiger partial charge in [-0.3, -0.25) is 10.1 Å². The van der Waals surface area contributed by atoms with Gasteiger partial charge < -0.3 is 5.32 Å². The van der Waals surface area contributed by atoms with Gasteiger partial charge in [-0.2, -0.15) is 0 Å². The van der Waals surface area contributed by atoms with Crippen LogP contribution in [0.2, 0.25) is 0 Å². The van der Waals surface area contributed by atoms with E-state index in [2.05, 4.69) is 10.0 Å². The van der Waals surface area contributed by atoms with Gasteiger partial charge >= 0.3 is 0 Å². The van der Waals surface area contributed by atoms with Crippen LogP contribution in [0.25, 0.3) is 0 Å². The van der Waals surface area contributed by atoms with E-state index in [-0.39, 0.29) is 22.3 Å². The SMILES string of the molecule is CCNc1cc([N+](=O)[O-])ccc1S(=O)(=O)NC(CC)CC. The summed E-state index contributed by atoms with van der Waals surface area (Å²) >= 11 is 0. The lowest BCUT2D eigenvalue weighted by molar-refractivity contribution is -0.384. The molecule has 8 heteroatoms. The third-order valence-corrected chi connectivity index (χ3v) is 4.72. The minimum absolute atomic E-state index is 0.0295. The molecule has 0 unspecified atom stereocenters. The molecule has 21 heavy (non-hydrogen) atoms. The van der Waals surface area contributed by atoms with Crippen LogP contribution in [-0.4, -0.2) is 25.9 Å². The van der Waals surface area contributed by atoms with Gasteiger partial charge in [0.2, 0.25) is 10.0 Å². The van der Waals surface area contributed by atoms with Crippen molar-refractivity contribution >= 4 is 21.4 Å². The predicted molar refractivity (Wildman–Crippen MR) is 82.0 cm³/mol. The number of benzene rings is 1. The molecule has 118 valence electrons. The lowest BCUT2D eigenvalue weighted by Crippen LogP contribution is -2.34. The van der Waals surface area contributed by atoms with E-state index in [1.807, 2.05) is 13.8 Å². The number of sulfonamides is 1. The molecule has 0 saturated heterocycles. The molecule has 0 aliphatic heterocycles. The van der Waals surface area contributed by atoms with E-state index in [4.69, 9.17) is 0 Å². The summed E-state index contributed by atoms with van der Waals surface area (Å²) in [6.45, 7) is 6.06. The van der Waals surface area contributed by atoms with Gasteiger partial charge in [-0.15, -0.1) is 0 Å². The van der Waals surface area contributed by atoms with Crippen LogP contribution in [0, 0.1) is 10.1 Å². The van der Waals surface area contributed by atoms with Crippen molar-refractivity contribution in [2.45, 2.75) is 44.6 Å². The summed E-state index contributed by atoms with van der Waals surface area (Å²) in [4.78, 5) is 10.3. The lowest BCUT2D eigenvalue weighted by atomic mass is 10.2. The van der Waals surface area contributed by atoms with Crippen molar-refractivity contribution in [1.82, 2.24) is 4.72 Å². The molecule has 0 fully saturated rings. The highest BCUT2D eigenvalue weighted by Gasteiger charge is 2.23. The summed E-state index contributed by atoms with van der Waals surface area (Å²) in [5.74, 6) is 0. The third-order valence-electron chi connectivity index (χ3n) is 3.14. The Bertz CT molecular complexity index is 597. The first-order valence-corrected chi connectivity index (χ1v) is 8.38. The molecule has 0 amide bonds. The number of nitrogens with one attached hydrogen (secondary N) is 2. The second-order valence-corrected chi connectivity index (χ2v) is 6.29. The summed E-state index contributed by atoms with van der Waals surface area (Å²) in [6.07, 6.45) is 1.36. The molecule has 7 nitrogen and oxygen atoms in total. The van der Waals surface area contributed by atoms with Crippen molar-refractivity contribution in [3.05, 3.63) is 28.3 Å². The van der Waals surface area contributed by atoms with Crippen molar-refractivity contribution in [2.24, 2.45) is 0 Å². The number of rotatable bonds is 8. The second kappa shape index (κ2) is 7.37. The van der Waals surface area contributed by atoms with Crippen LogP contribution in [0.1, 0.15) is 33.6 Å². The van der Waals surface area contributed by atoms with Crippen LogP contribution in [0.15, 0.2) is 23.1 Å².